The zero-order chi connectivity index (χ0) is 11.4. The lowest BCUT2D eigenvalue weighted by molar-refractivity contribution is -0.126. The van der Waals surface area contributed by atoms with E-state index < -0.39 is 31.0 Å². The molecule has 2 amide bonds. The van der Waals surface area contributed by atoms with E-state index in [1.165, 1.54) is 0 Å². The van der Waals surface area contributed by atoms with E-state index >= 15 is 0 Å². The largest absolute Gasteiger partial charge is 0.385 e. The zero-order valence-electron chi connectivity index (χ0n) is 7.87. The quantitative estimate of drug-likeness (QED) is 0.571. The van der Waals surface area contributed by atoms with Crippen molar-refractivity contribution in [3.05, 3.63) is 0 Å². The SMILES string of the molecule is O=C1CC[C@H](C(=O)NCC(O)C(F)F)N1. The Kier molecular flexibility index (Phi) is 3.96. The van der Waals surface area contributed by atoms with Crippen LogP contribution in [0.5, 0.6) is 0 Å². The monoisotopic (exact) mass is 222 g/mol. The Labute approximate surface area is 84.8 Å². The van der Waals surface area contributed by atoms with E-state index in [4.69, 9.17) is 5.11 Å². The fourth-order valence-electron chi connectivity index (χ4n) is 1.23. The van der Waals surface area contributed by atoms with E-state index in [0.29, 0.717) is 6.42 Å². The third-order valence-electron chi connectivity index (χ3n) is 2.09. The van der Waals surface area contributed by atoms with Crippen molar-refractivity contribution in [1.29, 1.82) is 0 Å². The molecule has 86 valence electrons. The number of carbonyl (C=O) groups is 2. The predicted molar refractivity (Wildman–Crippen MR) is 46.2 cm³/mol. The molecule has 3 N–H and O–H groups in total. The lowest BCUT2D eigenvalue weighted by Gasteiger charge is -2.13. The van der Waals surface area contributed by atoms with Gasteiger partial charge in [-0.25, -0.2) is 8.78 Å². The summed E-state index contributed by atoms with van der Waals surface area (Å²) in [7, 11) is 0. The molecule has 1 fully saturated rings. The van der Waals surface area contributed by atoms with Crippen LogP contribution in [0.4, 0.5) is 8.78 Å². The molecule has 0 aliphatic carbocycles. The number of nitrogens with one attached hydrogen (secondary N) is 2. The van der Waals surface area contributed by atoms with Gasteiger partial charge in [0.15, 0.2) is 0 Å². The van der Waals surface area contributed by atoms with Crippen molar-refractivity contribution in [2.24, 2.45) is 0 Å². The van der Waals surface area contributed by atoms with E-state index in [0.717, 1.165) is 0 Å². The molecule has 7 heteroatoms. The minimum atomic E-state index is -2.89. The first-order valence-corrected chi connectivity index (χ1v) is 4.54. The maximum Gasteiger partial charge on any atom is 0.265 e. The molecule has 0 bridgehead atoms. The summed E-state index contributed by atoms with van der Waals surface area (Å²) in [6.07, 6.45) is -4.14. The first kappa shape index (κ1) is 11.8. The van der Waals surface area contributed by atoms with Crippen LogP contribution < -0.4 is 10.6 Å². The minimum Gasteiger partial charge on any atom is -0.385 e. The van der Waals surface area contributed by atoms with Crippen LogP contribution in [0, 0.1) is 0 Å². The van der Waals surface area contributed by atoms with Crippen molar-refractivity contribution >= 4 is 11.8 Å². The van der Waals surface area contributed by atoms with Crippen LogP contribution in [0.25, 0.3) is 0 Å². The fourth-order valence-corrected chi connectivity index (χ4v) is 1.23. The summed E-state index contributed by atoms with van der Waals surface area (Å²) in [6, 6.07) is -0.664. The van der Waals surface area contributed by atoms with E-state index in [1.807, 2.05) is 0 Å². The Bertz CT molecular complexity index is 260. The van der Waals surface area contributed by atoms with Crippen LogP contribution in [0.3, 0.4) is 0 Å². The van der Waals surface area contributed by atoms with Gasteiger partial charge < -0.3 is 15.7 Å². The van der Waals surface area contributed by atoms with Gasteiger partial charge in [-0.15, -0.1) is 0 Å². The molecule has 1 heterocycles. The minimum absolute atomic E-state index is 0.232. The van der Waals surface area contributed by atoms with Gasteiger partial charge in [0, 0.05) is 13.0 Å². The molecule has 0 aromatic heterocycles. The second kappa shape index (κ2) is 5.01. The predicted octanol–water partition coefficient (Wildman–Crippen LogP) is -0.993. The number of amides is 2. The van der Waals surface area contributed by atoms with Gasteiger partial charge in [-0.3, -0.25) is 9.59 Å². The maximum atomic E-state index is 11.8. The molecule has 0 aromatic rings. The maximum absolute atomic E-state index is 11.8. The normalized spacial score (nSPS) is 22.7. The molecule has 0 radical (unpaired) electrons. The van der Waals surface area contributed by atoms with Crippen LogP contribution in [0.2, 0.25) is 0 Å². The summed E-state index contributed by atoms with van der Waals surface area (Å²) >= 11 is 0. The van der Waals surface area contributed by atoms with Gasteiger partial charge in [0.1, 0.15) is 12.1 Å². The first-order valence-electron chi connectivity index (χ1n) is 4.54. The smallest absolute Gasteiger partial charge is 0.265 e. The van der Waals surface area contributed by atoms with Gasteiger partial charge in [0.05, 0.1) is 0 Å². The van der Waals surface area contributed by atoms with Crippen LogP contribution in [0.1, 0.15) is 12.8 Å². The van der Waals surface area contributed by atoms with Crippen molar-refractivity contribution < 1.29 is 23.5 Å². The summed E-state index contributed by atoms with van der Waals surface area (Å²) in [4.78, 5) is 22.0. The zero-order valence-corrected chi connectivity index (χ0v) is 7.87. The van der Waals surface area contributed by atoms with E-state index in [2.05, 4.69) is 10.6 Å². The Morgan fingerprint density at radius 2 is 2.33 bits per heavy atom. The summed E-state index contributed by atoms with van der Waals surface area (Å²) in [6.45, 7) is -0.511. The number of aliphatic hydroxyl groups excluding tert-OH is 1. The average Bonchev–Trinajstić information content (AvgIpc) is 2.60. The summed E-state index contributed by atoms with van der Waals surface area (Å²) < 4.78 is 23.7. The molecule has 0 spiro atoms. The molecular weight excluding hydrogens is 210 g/mol. The van der Waals surface area contributed by atoms with Gasteiger partial charge in [-0.2, -0.15) is 0 Å². The van der Waals surface area contributed by atoms with Crippen molar-refractivity contribution in [1.82, 2.24) is 10.6 Å². The molecular formula is C8H12F2N2O3. The fraction of sp³-hybridized carbons (Fsp3) is 0.750. The highest BCUT2D eigenvalue weighted by molar-refractivity contribution is 5.90. The number of carbonyl (C=O) groups excluding carboxylic acids is 2. The third kappa shape index (κ3) is 3.43. The molecule has 0 saturated carbocycles. The highest BCUT2D eigenvalue weighted by Gasteiger charge is 2.28. The standard InChI is InChI=1S/C8H12F2N2O3/c9-7(10)5(13)3-11-8(15)4-1-2-6(14)12-4/h4-5,7,13H,1-3H2,(H,11,15)(H,12,14)/t4-,5?/m1/s1. The highest BCUT2D eigenvalue weighted by Crippen LogP contribution is 2.06. The Morgan fingerprint density at radius 1 is 1.67 bits per heavy atom. The number of hydrogen-bond donors (Lipinski definition) is 3. The highest BCUT2D eigenvalue weighted by atomic mass is 19.3. The lowest BCUT2D eigenvalue weighted by Crippen LogP contribution is -2.45. The molecule has 5 nitrogen and oxygen atoms in total. The van der Waals surface area contributed by atoms with Gasteiger partial charge >= 0.3 is 0 Å². The van der Waals surface area contributed by atoms with Gasteiger partial charge in [0.25, 0.3) is 6.43 Å². The second-order valence-electron chi connectivity index (χ2n) is 3.31. The Morgan fingerprint density at radius 3 is 2.80 bits per heavy atom. The summed E-state index contributed by atoms with van der Waals surface area (Å²) in [5.74, 6) is -0.773. The van der Waals surface area contributed by atoms with Crippen molar-refractivity contribution in [2.45, 2.75) is 31.4 Å². The molecule has 2 atom stereocenters. The number of alkyl halides is 2. The van der Waals surface area contributed by atoms with Gasteiger partial charge in [0.2, 0.25) is 11.8 Å². The van der Waals surface area contributed by atoms with Gasteiger partial charge in [-0.1, -0.05) is 0 Å². The van der Waals surface area contributed by atoms with Gasteiger partial charge in [-0.05, 0) is 6.42 Å². The number of hydrogen-bond acceptors (Lipinski definition) is 3. The molecule has 15 heavy (non-hydrogen) atoms. The Balaban J connectivity index is 2.27. The van der Waals surface area contributed by atoms with E-state index in [9.17, 15) is 18.4 Å². The molecule has 1 unspecified atom stereocenters. The topological polar surface area (TPSA) is 78.4 Å². The molecule has 1 aliphatic rings. The van der Waals surface area contributed by atoms with Crippen LogP contribution in [-0.2, 0) is 9.59 Å². The molecule has 1 saturated heterocycles. The van der Waals surface area contributed by atoms with Crippen molar-refractivity contribution in [2.75, 3.05) is 6.54 Å². The van der Waals surface area contributed by atoms with Crippen molar-refractivity contribution in [3.63, 3.8) is 0 Å². The van der Waals surface area contributed by atoms with Crippen LogP contribution in [-0.4, -0.2) is 42.0 Å². The molecule has 0 aromatic carbocycles. The number of rotatable bonds is 4. The lowest BCUT2D eigenvalue weighted by atomic mass is 10.2. The van der Waals surface area contributed by atoms with E-state index in [-0.39, 0.29) is 12.3 Å². The first-order chi connectivity index (χ1) is 7.00. The Hall–Kier alpha value is -1.24. The van der Waals surface area contributed by atoms with Crippen molar-refractivity contribution in [3.8, 4) is 0 Å². The summed E-state index contributed by atoms with van der Waals surface area (Å²) in [5.41, 5.74) is 0. The third-order valence-corrected chi connectivity index (χ3v) is 2.09. The molecule has 1 aliphatic heterocycles. The van der Waals surface area contributed by atoms with Crippen LogP contribution in [0.15, 0.2) is 0 Å². The molecule has 1 rings (SSSR count). The number of aliphatic hydroxyl groups is 1. The van der Waals surface area contributed by atoms with E-state index in [1.54, 1.807) is 0 Å². The van der Waals surface area contributed by atoms with Crippen LogP contribution >= 0.6 is 0 Å². The average molecular weight is 222 g/mol. The summed E-state index contributed by atoms with van der Waals surface area (Å²) in [5, 5.41) is 13.2. The second-order valence-corrected chi connectivity index (χ2v) is 3.31. The number of halogens is 2.